The third kappa shape index (κ3) is 4.59. The molecule has 0 radical (unpaired) electrons. The average Bonchev–Trinajstić information content (AvgIpc) is 2.60. The minimum absolute atomic E-state index is 0.604. The van der Waals surface area contributed by atoms with E-state index in [0.29, 0.717) is 6.04 Å². The molecule has 0 spiro atoms. The molecule has 0 aromatic heterocycles. The largest absolute Gasteiger partial charge is 0.356 e. The molecule has 2 bridgehead atoms. The van der Waals surface area contributed by atoms with E-state index >= 15 is 0 Å². The van der Waals surface area contributed by atoms with Gasteiger partial charge in [-0.05, 0) is 24.1 Å². The predicted octanol–water partition coefficient (Wildman–Crippen LogP) is 1.05. The summed E-state index contributed by atoms with van der Waals surface area (Å²) in [4.78, 5) is 9.47. The van der Waals surface area contributed by atoms with Gasteiger partial charge in [0.05, 0.1) is 0 Å². The highest BCUT2D eigenvalue weighted by atomic mass is 35.5. The van der Waals surface area contributed by atoms with Crippen molar-refractivity contribution in [3.63, 3.8) is 0 Å². The number of piperazine rings is 3. The number of nitrogens with one attached hydrogen (secondary N) is 2. The Morgan fingerprint density at radius 1 is 1.17 bits per heavy atom. The van der Waals surface area contributed by atoms with Gasteiger partial charge in [0.25, 0.3) is 0 Å². The predicted molar refractivity (Wildman–Crippen MR) is 96.3 cm³/mol. The molecule has 3 aliphatic heterocycles. The van der Waals surface area contributed by atoms with Gasteiger partial charge in [0.2, 0.25) is 0 Å². The van der Waals surface area contributed by atoms with Crippen LogP contribution in [0, 0.1) is 0 Å². The van der Waals surface area contributed by atoms with E-state index in [1.807, 2.05) is 19.2 Å². The van der Waals surface area contributed by atoms with Gasteiger partial charge in [0.1, 0.15) is 0 Å². The molecule has 3 heterocycles. The fourth-order valence-electron chi connectivity index (χ4n) is 3.33. The fraction of sp³-hybridized carbons (Fsp3) is 0.588. The lowest BCUT2D eigenvalue weighted by atomic mass is 10.1. The number of halogens is 1. The first-order valence-corrected chi connectivity index (χ1v) is 8.78. The standard InChI is InChI=1S/C17H26ClN5/c1-19-17(20-7-6-14-2-4-15(18)5-3-14)21-12-16-13-22-8-10-23(16)11-9-22/h2-5,16H,6-13H2,1H3,(H2,19,20,21). The number of hydrogen-bond donors (Lipinski definition) is 2. The lowest BCUT2D eigenvalue weighted by Gasteiger charge is -2.47. The van der Waals surface area contributed by atoms with Crippen LogP contribution in [0.3, 0.4) is 0 Å². The molecule has 3 fully saturated rings. The van der Waals surface area contributed by atoms with Crippen LogP contribution in [0.25, 0.3) is 0 Å². The highest BCUT2D eigenvalue weighted by molar-refractivity contribution is 6.30. The minimum atomic E-state index is 0.604. The Hall–Kier alpha value is -1.30. The van der Waals surface area contributed by atoms with E-state index in [1.54, 1.807) is 0 Å². The smallest absolute Gasteiger partial charge is 0.191 e. The van der Waals surface area contributed by atoms with Crippen LogP contribution in [-0.2, 0) is 6.42 Å². The Balaban J connectivity index is 1.39. The second-order valence-electron chi connectivity index (χ2n) is 6.25. The second-order valence-corrected chi connectivity index (χ2v) is 6.68. The van der Waals surface area contributed by atoms with Crippen LogP contribution in [0.5, 0.6) is 0 Å². The zero-order valence-corrected chi connectivity index (χ0v) is 14.5. The van der Waals surface area contributed by atoms with Crippen LogP contribution in [0.15, 0.2) is 29.3 Å². The third-order valence-electron chi connectivity index (χ3n) is 4.74. The maximum absolute atomic E-state index is 5.91. The van der Waals surface area contributed by atoms with E-state index in [1.165, 1.54) is 38.3 Å². The van der Waals surface area contributed by atoms with Gasteiger partial charge in [-0.1, -0.05) is 23.7 Å². The molecule has 5 nitrogen and oxygen atoms in total. The molecule has 2 N–H and O–H groups in total. The molecule has 23 heavy (non-hydrogen) atoms. The van der Waals surface area contributed by atoms with Crippen molar-refractivity contribution in [3.05, 3.63) is 34.9 Å². The van der Waals surface area contributed by atoms with Crippen molar-refractivity contribution >= 4 is 17.6 Å². The maximum atomic E-state index is 5.91. The Morgan fingerprint density at radius 3 is 2.52 bits per heavy atom. The molecule has 3 aliphatic rings. The van der Waals surface area contributed by atoms with Crippen molar-refractivity contribution in [2.24, 2.45) is 4.99 Å². The summed E-state index contributed by atoms with van der Waals surface area (Å²) >= 11 is 5.91. The molecule has 1 aromatic carbocycles. The number of guanidine groups is 1. The van der Waals surface area contributed by atoms with E-state index in [2.05, 4.69) is 37.6 Å². The van der Waals surface area contributed by atoms with Crippen molar-refractivity contribution < 1.29 is 0 Å². The zero-order chi connectivity index (χ0) is 16.1. The number of aliphatic imine (C=N–C) groups is 1. The van der Waals surface area contributed by atoms with Gasteiger partial charge in [0, 0.05) is 63.9 Å². The molecule has 3 saturated heterocycles. The van der Waals surface area contributed by atoms with Crippen LogP contribution < -0.4 is 10.6 Å². The Labute approximate surface area is 143 Å². The van der Waals surface area contributed by atoms with E-state index in [4.69, 9.17) is 11.6 Å². The van der Waals surface area contributed by atoms with Gasteiger partial charge in [-0.3, -0.25) is 14.8 Å². The first kappa shape index (κ1) is 16.6. The summed E-state index contributed by atoms with van der Waals surface area (Å²) < 4.78 is 0. The topological polar surface area (TPSA) is 42.9 Å². The van der Waals surface area contributed by atoms with Crippen LogP contribution in [-0.4, -0.2) is 74.7 Å². The molecule has 1 unspecified atom stereocenters. The van der Waals surface area contributed by atoms with Gasteiger partial charge < -0.3 is 10.6 Å². The summed E-state index contributed by atoms with van der Waals surface area (Å²) in [6, 6.07) is 8.62. The van der Waals surface area contributed by atoms with Crippen molar-refractivity contribution in [1.29, 1.82) is 0 Å². The molecule has 4 rings (SSSR count). The molecular weight excluding hydrogens is 310 g/mol. The molecule has 6 heteroatoms. The average molecular weight is 336 g/mol. The summed E-state index contributed by atoms with van der Waals surface area (Å²) in [7, 11) is 1.83. The zero-order valence-electron chi connectivity index (χ0n) is 13.8. The SMILES string of the molecule is CN=C(NCCc1ccc(Cl)cc1)NCC1CN2CCN1CC2. The molecule has 0 aliphatic carbocycles. The van der Waals surface area contributed by atoms with Crippen LogP contribution in [0.4, 0.5) is 0 Å². The monoisotopic (exact) mass is 335 g/mol. The molecule has 0 saturated carbocycles. The van der Waals surface area contributed by atoms with Crippen molar-refractivity contribution in [2.75, 3.05) is 52.9 Å². The van der Waals surface area contributed by atoms with Crippen LogP contribution in [0.2, 0.25) is 5.02 Å². The summed E-state index contributed by atoms with van der Waals surface area (Å²) in [6.07, 6.45) is 0.960. The van der Waals surface area contributed by atoms with Gasteiger partial charge in [0.15, 0.2) is 5.96 Å². The first-order valence-electron chi connectivity index (χ1n) is 8.40. The van der Waals surface area contributed by atoms with Gasteiger partial charge >= 0.3 is 0 Å². The van der Waals surface area contributed by atoms with E-state index in [0.717, 1.165) is 30.5 Å². The van der Waals surface area contributed by atoms with Gasteiger partial charge in [-0.2, -0.15) is 0 Å². The second kappa shape index (κ2) is 7.99. The highest BCUT2D eigenvalue weighted by Gasteiger charge is 2.31. The van der Waals surface area contributed by atoms with Crippen LogP contribution >= 0.6 is 11.6 Å². The van der Waals surface area contributed by atoms with Gasteiger partial charge in [-0.15, -0.1) is 0 Å². The normalized spacial score (nSPS) is 27.0. The number of fused-ring (bicyclic) bond motifs is 3. The van der Waals surface area contributed by atoms with Crippen molar-refractivity contribution in [3.8, 4) is 0 Å². The summed E-state index contributed by atoms with van der Waals surface area (Å²) in [5, 5.41) is 7.64. The molecular formula is C17H26ClN5. The van der Waals surface area contributed by atoms with Gasteiger partial charge in [-0.25, -0.2) is 0 Å². The highest BCUT2D eigenvalue weighted by Crippen LogP contribution is 2.14. The molecule has 126 valence electrons. The maximum Gasteiger partial charge on any atom is 0.191 e. The molecule has 1 aromatic rings. The number of hydrogen-bond acceptors (Lipinski definition) is 3. The Kier molecular flexibility index (Phi) is 5.75. The number of benzene rings is 1. The van der Waals surface area contributed by atoms with E-state index in [-0.39, 0.29) is 0 Å². The number of rotatable bonds is 5. The third-order valence-corrected chi connectivity index (χ3v) is 4.99. The molecule has 0 amide bonds. The van der Waals surface area contributed by atoms with Crippen molar-refractivity contribution in [1.82, 2.24) is 20.4 Å². The lowest BCUT2D eigenvalue weighted by Crippen LogP contribution is -2.63. The van der Waals surface area contributed by atoms with E-state index < -0.39 is 0 Å². The van der Waals surface area contributed by atoms with Crippen LogP contribution in [0.1, 0.15) is 5.56 Å². The molecule has 1 atom stereocenters. The fourth-order valence-corrected chi connectivity index (χ4v) is 3.46. The number of nitrogens with zero attached hydrogens (tertiary/aromatic N) is 3. The summed E-state index contributed by atoms with van der Waals surface area (Å²) in [6.45, 7) is 7.85. The Morgan fingerprint density at radius 2 is 1.91 bits per heavy atom. The Bertz CT molecular complexity index is 522. The first-order chi connectivity index (χ1) is 11.2. The minimum Gasteiger partial charge on any atom is -0.356 e. The van der Waals surface area contributed by atoms with E-state index in [9.17, 15) is 0 Å². The van der Waals surface area contributed by atoms with Crippen molar-refractivity contribution in [2.45, 2.75) is 12.5 Å². The summed E-state index contributed by atoms with van der Waals surface area (Å²) in [5.41, 5.74) is 1.28. The quantitative estimate of drug-likeness (QED) is 0.623. The summed E-state index contributed by atoms with van der Waals surface area (Å²) in [5.74, 6) is 0.886. The lowest BCUT2D eigenvalue weighted by molar-refractivity contribution is 0.0154.